The first kappa shape index (κ1) is 9.33. The topological polar surface area (TPSA) is 36.0 Å². The smallest absolute Gasteiger partial charge is 0.0832 e. The second-order valence-corrected chi connectivity index (χ2v) is 3.17. The normalized spacial score (nSPS) is 13.7. The van der Waals surface area contributed by atoms with E-state index in [-0.39, 0.29) is 6.10 Å². The average molecular weight is 167 g/mol. The highest BCUT2D eigenvalue weighted by Gasteiger charge is 2.17. The number of H-pyrrole nitrogens is 1. The van der Waals surface area contributed by atoms with Crippen molar-refractivity contribution in [3.05, 3.63) is 24.0 Å². The highest BCUT2D eigenvalue weighted by atomic mass is 16.3. The largest absolute Gasteiger partial charge is 0.388 e. The number of rotatable bonds is 4. The molecule has 2 N–H and O–H groups in total. The Labute approximate surface area is 73.6 Å². The van der Waals surface area contributed by atoms with Crippen molar-refractivity contribution in [1.29, 1.82) is 0 Å². The summed E-state index contributed by atoms with van der Waals surface area (Å²) >= 11 is 0. The third-order valence-electron chi connectivity index (χ3n) is 2.46. The molecule has 0 aliphatic carbocycles. The van der Waals surface area contributed by atoms with E-state index in [1.54, 1.807) is 0 Å². The summed E-state index contributed by atoms with van der Waals surface area (Å²) in [5, 5.41) is 9.85. The molecule has 0 amide bonds. The van der Waals surface area contributed by atoms with Crippen LogP contribution in [0.3, 0.4) is 0 Å². The van der Waals surface area contributed by atoms with Crippen LogP contribution in [0.25, 0.3) is 0 Å². The molecule has 0 saturated heterocycles. The van der Waals surface area contributed by atoms with Crippen LogP contribution in [0.15, 0.2) is 18.5 Å². The van der Waals surface area contributed by atoms with E-state index in [9.17, 15) is 5.11 Å². The lowest BCUT2D eigenvalue weighted by Crippen LogP contribution is -2.09. The molecule has 1 unspecified atom stereocenters. The van der Waals surface area contributed by atoms with Gasteiger partial charge in [-0.2, -0.15) is 0 Å². The second kappa shape index (κ2) is 4.31. The van der Waals surface area contributed by atoms with E-state index < -0.39 is 0 Å². The lowest BCUT2D eigenvalue weighted by molar-refractivity contribution is 0.103. The molecule has 0 saturated carbocycles. The molecule has 2 heteroatoms. The summed E-state index contributed by atoms with van der Waals surface area (Å²) in [5.74, 6) is 0.390. The second-order valence-electron chi connectivity index (χ2n) is 3.17. The maximum atomic E-state index is 9.85. The van der Waals surface area contributed by atoms with Gasteiger partial charge in [0.2, 0.25) is 0 Å². The lowest BCUT2D eigenvalue weighted by atomic mass is 9.93. The summed E-state index contributed by atoms with van der Waals surface area (Å²) in [6.45, 7) is 4.23. The van der Waals surface area contributed by atoms with Gasteiger partial charge in [0.15, 0.2) is 0 Å². The molecule has 0 spiro atoms. The highest BCUT2D eigenvalue weighted by Crippen LogP contribution is 2.26. The van der Waals surface area contributed by atoms with Crippen LogP contribution < -0.4 is 0 Å². The molecule has 0 fully saturated rings. The number of nitrogens with one attached hydrogen (secondary N) is 1. The van der Waals surface area contributed by atoms with Crippen LogP contribution in [0.4, 0.5) is 0 Å². The van der Waals surface area contributed by atoms with Crippen LogP contribution >= 0.6 is 0 Å². The quantitative estimate of drug-likeness (QED) is 0.710. The molecule has 0 aromatic carbocycles. The van der Waals surface area contributed by atoms with E-state index >= 15 is 0 Å². The van der Waals surface area contributed by atoms with E-state index in [4.69, 9.17) is 0 Å². The molecular formula is C10H17NO. The van der Waals surface area contributed by atoms with Crippen molar-refractivity contribution in [3.8, 4) is 0 Å². The number of aliphatic hydroxyl groups excluding tert-OH is 1. The summed E-state index contributed by atoms with van der Waals surface area (Å²) in [7, 11) is 0. The molecule has 68 valence electrons. The van der Waals surface area contributed by atoms with Gasteiger partial charge in [-0.1, -0.05) is 26.7 Å². The molecule has 1 atom stereocenters. The number of aliphatic hydroxyl groups is 1. The third kappa shape index (κ3) is 1.89. The summed E-state index contributed by atoms with van der Waals surface area (Å²) < 4.78 is 0. The monoisotopic (exact) mass is 167 g/mol. The van der Waals surface area contributed by atoms with Gasteiger partial charge >= 0.3 is 0 Å². The summed E-state index contributed by atoms with van der Waals surface area (Å²) in [4.78, 5) is 2.95. The van der Waals surface area contributed by atoms with Crippen LogP contribution in [0.2, 0.25) is 0 Å². The maximum Gasteiger partial charge on any atom is 0.0832 e. The molecule has 1 aromatic heterocycles. The standard InChI is InChI=1S/C10H17NO/c1-3-8(4-2)10(12)9-5-6-11-7-9/h5-8,10-12H,3-4H2,1-2H3. The average Bonchev–Trinajstić information content (AvgIpc) is 2.58. The summed E-state index contributed by atoms with van der Waals surface area (Å²) in [6, 6.07) is 1.93. The number of aromatic nitrogens is 1. The number of hydrogen-bond acceptors (Lipinski definition) is 1. The van der Waals surface area contributed by atoms with Crippen molar-refractivity contribution >= 4 is 0 Å². The molecule has 0 bridgehead atoms. The van der Waals surface area contributed by atoms with Gasteiger partial charge in [-0.15, -0.1) is 0 Å². The van der Waals surface area contributed by atoms with Crippen LogP contribution in [0.1, 0.15) is 38.4 Å². The first-order valence-corrected chi connectivity index (χ1v) is 4.60. The molecule has 12 heavy (non-hydrogen) atoms. The van der Waals surface area contributed by atoms with Gasteiger partial charge < -0.3 is 10.1 Å². The van der Waals surface area contributed by atoms with Gasteiger partial charge in [-0.25, -0.2) is 0 Å². The maximum absolute atomic E-state index is 9.85. The van der Waals surface area contributed by atoms with E-state index in [1.807, 2.05) is 18.5 Å². The Morgan fingerprint density at radius 1 is 1.42 bits per heavy atom. The SMILES string of the molecule is CCC(CC)C(O)c1cc[nH]c1. The zero-order valence-corrected chi connectivity index (χ0v) is 7.75. The Morgan fingerprint density at radius 2 is 2.08 bits per heavy atom. The third-order valence-corrected chi connectivity index (χ3v) is 2.46. The molecule has 1 heterocycles. The van der Waals surface area contributed by atoms with Crippen molar-refractivity contribution in [2.45, 2.75) is 32.8 Å². The van der Waals surface area contributed by atoms with Crippen molar-refractivity contribution in [1.82, 2.24) is 4.98 Å². The Balaban J connectivity index is 2.63. The lowest BCUT2D eigenvalue weighted by Gasteiger charge is -2.18. The van der Waals surface area contributed by atoms with Crippen LogP contribution in [-0.2, 0) is 0 Å². The minimum absolute atomic E-state index is 0.300. The van der Waals surface area contributed by atoms with E-state index in [1.165, 1.54) is 0 Å². The van der Waals surface area contributed by atoms with Gasteiger partial charge in [0.05, 0.1) is 6.10 Å². The van der Waals surface area contributed by atoms with Gasteiger partial charge in [0, 0.05) is 12.4 Å². The predicted molar refractivity (Wildman–Crippen MR) is 49.8 cm³/mol. The Hall–Kier alpha value is -0.760. The fraction of sp³-hybridized carbons (Fsp3) is 0.600. The van der Waals surface area contributed by atoms with Gasteiger partial charge in [-0.05, 0) is 17.5 Å². The zero-order chi connectivity index (χ0) is 8.97. The molecule has 1 aromatic rings. The molecular weight excluding hydrogens is 150 g/mol. The fourth-order valence-corrected chi connectivity index (χ4v) is 1.53. The van der Waals surface area contributed by atoms with Crippen LogP contribution in [-0.4, -0.2) is 10.1 Å². The minimum Gasteiger partial charge on any atom is -0.388 e. The molecule has 0 aliphatic heterocycles. The van der Waals surface area contributed by atoms with Gasteiger partial charge in [0.1, 0.15) is 0 Å². The van der Waals surface area contributed by atoms with Crippen molar-refractivity contribution in [2.75, 3.05) is 0 Å². The first-order chi connectivity index (χ1) is 5.79. The van der Waals surface area contributed by atoms with E-state index in [2.05, 4.69) is 18.8 Å². The first-order valence-electron chi connectivity index (χ1n) is 4.60. The molecule has 2 nitrogen and oxygen atoms in total. The van der Waals surface area contributed by atoms with Gasteiger partial charge in [0.25, 0.3) is 0 Å². The Morgan fingerprint density at radius 3 is 2.50 bits per heavy atom. The Bertz CT molecular complexity index is 202. The minimum atomic E-state index is -0.300. The van der Waals surface area contributed by atoms with Gasteiger partial charge in [-0.3, -0.25) is 0 Å². The summed E-state index contributed by atoms with van der Waals surface area (Å²) in [6.07, 6.45) is 5.47. The van der Waals surface area contributed by atoms with E-state index in [0.717, 1.165) is 18.4 Å². The number of hydrogen-bond donors (Lipinski definition) is 2. The molecule has 0 aliphatic rings. The fourth-order valence-electron chi connectivity index (χ4n) is 1.53. The zero-order valence-electron chi connectivity index (χ0n) is 7.75. The van der Waals surface area contributed by atoms with Crippen LogP contribution in [0.5, 0.6) is 0 Å². The predicted octanol–water partition coefficient (Wildman–Crippen LogP) is 2.48. The van der Waals surface area contributed by atoms with E-state index in [0.29, 0.717) is 5.92 Å². The van der Waals surface area contributed by atoms with Crippen molar-refractivity contribution in [2.24, 2.45) is 5.92 Å². The number of aromatic amines is 1. The molecule has 0 radical (unpaired) electrons. The summed E-state index contributed by atoms with van der Waals surface area (Å²) in [5.41, 5.74) is 1.00. The van der Waals surface area contributed by atoms with Crippen LogP contribution in [0, 0.1) is 5.92 Å². The molecule has 1 rings (SSSR count). The van der Waals surface area contributed by atoms with Crippen molar-refractivity contribution < 1.29 is 5.11 Å². The van der Waals surface area contributed by atoms with Crippen molar-refractivity contribution in [3.63, 3.8) is 0 Å². The Kier molecular flexibility index (Phi) is 3.35. The highest BCUT2D eigenvalue weighted by molar-refractivity contribution is 5.12.